The number of aromatic nitrogens is 2. The van der Waals surface area contributed by atoms with Crippen LogP contribution in [0.3, 0.4) is 0 Å². The third kappa shape index (κ3) is 4.86. The third-order valence-electron chi connectivity index (χ3n) is 6.26. The van der Waals surface area contributed by atoms with E-state index in [0.717, 1.165) is 28.4 Å². The van der Waals surface area contributed by atoms with Gasteiger partial charge in [0.05, 0.1) is 23.5 Å². The molecule has 0 spiro atoms. The molecule has 34 heavy (non-hydrogen) atoms. The third-order valence-corrected chi connectivity index (χ3v) is 6.58. The Labute approximate surface area is 205 Å². The van der Waals surface area contributed by atoms with Crippen LogP contribution in [0.1, 0.15) is 26.7 Å². The lowest BCUT2D eigenvalue weighted by molar-refractivity contribution is -0.125. The number of ether oxygens (including phenoxy) is 1. The molecule has 1 fully saturated rings. The average molecular weight is 480 g/mol. The van der Waals surface area contributed by atoms with Crippen LogP contribution in [0.4, 0.5) is 5.82 Å². The molecule has 0 aliphatic carbocycles. The summed E-state index contributed by atoms with van der Waals surface area (Å²) in [5.74, 6) is 1.25. The first kappa shape index (κ1) is 24.0. The topological polar surface area (TPSA) is 93.4 Å². The number of anilines is 1. The van der Waals surface area contributed by atoms with Crippen molar-refractivity contribution >= 4 is 23.3 Å². The summed E-state index contributed by atoms with van der Waals surface area (Å²) in [6.07, 6.45) is 3.01. The van der Waals surface area contributed by atoms with Crippen LogP contribution in [0, 0.1) is 0 Å². The van der Waals surface area contributed by atoms with Crippen molar-refractivity contribution in [2.24, 2.45) is 5.73 Å². The fraction of sp³-hybridized carbons (Fsp3) is 0.346. The predicted octanol–water partition coefficient (Wildman–Crippen LogP) is 4.30. The largest absolute Gasteiger partial charge is 0.494 e. The van der Waals surface area contributed by atoms with E-state index < -0.39 is 5.54 Å². The van der Waals surface area contributed by atoms with E-state index in [4.69, 9.17) is 32.0 Å². The summed E-state index contributed by atoms with van der Waals surface area (Å²) in [4.78, 5) is 24.1. The summed E-state index contributed by atoms with van der Waals surface area (Å²) in [6.45, 7) is 6.54. The van der Waals surface area contributed by atoms with Gasteiger partial charge in [-0.1, -0.05) is 36.7 Å². The maximum atomic E-state index is 12.1. The van der Waals surface area contributed by atoms with Crippen molar-refractivity contribution < 1.29 is 9.53 Å². The van der Waals surface area contributed by atoms with Crippen molar-refractivity contribution in [3.05, 3.63) is 59.8 Å². The fourth-order valence-electron chi connectivity index (χ4n) is 4.43. The molecule has 4 rings (SSSR count). The SMILES string of the molecule is CCNC1(C(N)=O)CCN(c2cnc(-c3ccc(OCC)cc3)c(-c3ccccc3Cl)n2)CC1. The van der Waals surface area contributed by atoms with Gasteiger partial charge >= 0.3 is 0 Å². The van der Waals surface area contributed by atoms with Gasteiger partial charge < -0.3 is 20.7 Å². The van der Waals surface area contributed by atoms with Crippen LogP contribution in [0.25, 0.3) is 22.5 Å². The molecule has 7 nitrogen and oxygen atoms in total. The molecule has 2 aromatic carbocycles. The molecule has 3 aromatic rings. The number of carbonyl (C=O) groups excluding carboxylic acids is 1. The number of carbonyl (C=O) groups is 1. The highest BCUT2D eigenvalue weighted by atomic mass is 35.5. The monoisotopic (exact) mass is 479 g/mol. The van der Waals surface area contributed by atoms with E-state index >= 15 is 0 Å². The lowest BCUT2D eigenvalue weighted by Gasteiger charge is -2.40. The maximum Gasteiger partial charge on any atom is 0.237 e. The zero-order valence-corrected chi connectivity index (χ0v) is 20.3. The summed E-state index contributed by atoms with van der Waals surface area (Å²) in [6, 6.07) is 15.5. The zero-order valence-electron chi connectivity index (χ0n) is 19.6. The molecule has 8 heteroatoms. The van der Waals surface area contributed by atoms with E-state index in [1.807, 2.05) is 62.4 Å². The number of nitrogens with two attached hydrogens (primary N) is 1. The lowest BCUT2D eigenvalue weighted by atomic mass is 9.86. The summed E-state index contributed by atoms with van der Waals surface area (Å²) in [5, 5.41) is 3.90. The summed E-state index contributed by atoms with van der Waals surface area (Å²) in [5.41, 5.74) is 8.26. The number of benzene rings is 2. The highest BCUT2D eigenvalue weighted by molar-refractivity contribution is 6.33. The molecule has 1 amide bonds. The Kier molecular flexibility index (Phi) is 7.34. The van der Waals surface area contributed by atoms with E-state index in [9.17, 15) is 4.79 Å². The van der Waals surface area contributed by atoms with Crippen molar-refractivity contribution in [3.8, 4) is 28.3 Å². The molecule has 0 bridgehead atoms. The molecule has 1 aliphatic heterocycles. The van der Waals surface area contributed by atoms with Crippen molar-refractivity contribution in [3.63, 3.8) is 0 Å². The fourth-order valence-corrected chi connectivity index (χ4v) is 4.65. The molecule has 0 saturated carbocycles. The Morgan fingerprint density at radius 1 is 1.12 bits per heavy atom. The second kappa shape index (κ2) is 10.4. The van der Waals surface area contributed by atoms with Gasteiger partial charge in [-0.15, -0.1) is 0 Å². The number of primary amides is 1. The maximum absolute atomic E-state index is 12.1. The zero-order chi connectivity index (χ0) is 24.1. The molecule has 2 heterocycles. The lowest BCUT2D eigenvalue weighted by Crippen LogP contribution is -2.61. The molecular weight excluding hydrogens is 450 g/mol. The number of hydrogen-bond donors (Lipinski definition) is 2. The van der Waals surface area contributed by atoms with Gasteiger partial charge in [-0.2, -0.15) is 0 Å². The Balaban J connectivity index is 1.69. The second-order valence-electron chi connectivity index (χ2n) is 8.33. The Bertz CT molecular complexity index is 1140. The number of rotatable bonds is 8. The van der Waals surface area contributed by atoms with E-state index in [1.54, 1.807) is 6.20 Å². The number of nitrogens with zero attached hydrogens (tertiary/aromatic N) is 3. The van der Waals surface area contributed by atoms with Crippen LogP contribution in [-0.2, 0) is 4.79 Å². The molecule has 178 valence electrons. The Morgan fingerprint density at radius 2 is 1.82 bits per heavy atom. The van der Waals surface area contributed by atoms with E-state index in [1.165, 1.54) is 0 Å². The van der Waals surface area contributed by atoms with Gasteiger partial charge in [0, 0.05) is 24.2 Å². The summed E-state index contributed by atoms with van der Waals surface area (Å²) < 4.78 is 5.58. The molecule has 0 unspecified atom stereocenters. The van der Waals surface area contributed by atoms with Gasteiger partial charge in [0.25, 0.3) is 0 Å². The van der Waals surface area contributed by atoms with E-state index in [2.05, 4.69) is 10.2 Å². The van der Waals surface area contributed by atoms with Crippen molar-refractivity contribution in [2.75, 3.05) is 31.1 Å². The van der Waals surface area contributed by atoms with E-state index in [-0.39, 0.29) is 5.91 Å². The normalized spacial score (nSPS) is 15.2. The molecule has 1 saturated heterocycles. The van der Waals surface area contributed by atoms with Gasteiger partial charge in [0.15, 0.2) is 0 Å². The minimum atomic E-state index is -0.674. The molecule has 0 radical (unpaired) electrons. The van der Waals surface area contributed by atoms with Crippen LogP contribution in [-0.4, -0.2) is 47.7 Å². The molecular formula is C26H30ClN5O2. The first-order valence-corrected chi connectivity index (χ1v) is 12.0. The Hall–Kier alpha value is -3.16. The minimum Gasteiger partial charge on any atom is -0.494 e. The van der Waals surface area contributed by atoms with Crippen molar-refractivity contribution in [1.29, 1.82) is 0 Å². The average Bonchev–Trinajstić information content (AvgIpc) is 2.85. The molecule has 1 aromatic heterocycles. The van der Waals surface area contributed by atoms with Crippen LogP contribution < -0.4 is 20.7 Å². The number of nitrogens with one attached hydrogen (secondary N) is 1. The molecule has 1 aliphatic rings. The summed E-state index contributed by atoms with van der Waals surface area (Å²) in [7, 11) is 0. The number of halogens is 1. The number of piperidine rings is 1. The van der Waals surface area contributed by atoms with Gasteiger partial charge in [-0.3, -0.25) is 9.78 Å². The van der Waals surface area contributed by atoms with Crippen LogP contribution in [0.15, 0.2) is 54.7 Å². The van der Waals surface area contributed by atoms with Crippen molar-refractivity contribution in [1.82, 2.24) is 15.3 Å². The van der Waals surface area contributed by atoms with Gasteiger partial charge in [0.1, 0.15) is 22.8 Å². The molecule has 0 atom stereocenters. The second-order valence-corrected chi connectivity index (χ2v) is 8.73. The first-order chi connectivity index (χ1) is 16.5. The Morgan fingerprint density at radius 3 is 2.44 bits per heavy atom. The van der Waals surface area contributed by atoms with Crippen LogP contribution >= 0.6 is 11.6 Å². The van der Waals surface area contributed by atoms with E-state index in [0.29, 0.717) is 49.8 Å². The van der Waals surface area contributed by atoms with Gasteiger partial charge in [-0.25, -0.2) is 4.98 Å². The standard InChI is InChI=1S/C26H30ClN5O2/c1-3-30-26(25(28)33)13-15-32(16-14-26)22-17-29-23(18-9-11-19(12-10-18)34-4-2)24(31-22)20-7-5-6-8-21(20)27/h5-12,17,30H,3-4,13-16H2,1-2H3,(H2,28,33). The van der Waals surface area contributed by atoms with Crippen LogP contribution in [0.5, 0.6) is 5.75 Å². The van der Waals surface area contributed by atoms with Gasteiger partial charge in [0.2, 0.25) is 5.91 Å². The summed E-state index contributed by atoms with van der Waals surface area (Å²) >= 11 is 6.57. The number of amides is 1. The highest BCUT2D eigenvalue weighted by Gasteiger charge is 2.39. The highest BCUT2D eigenvalue weighted by Crippen LogP contribution is 2.36. The van der Waals surface area contributed by atoms with Gasteiger partial charge in [-0.05, 0) is 56.6 Å². The first-order valence-electron chi connectivity index (χ1n) is 11.6. The van der Waals surface area contributed by atoms with Crippen molar-refractivity contribution in [2.45, 2.75) is 32.2 Å². The predicted molar refractivity (Wildman–Crippen MR) is 136 cm³/mol. The number of likely N-dealkylation sites (N-methyl/N-ethyl adjacent to an activating group) is 1. The van der Waals surface area contributed by atoms with Crippen LogP contribution in [0.2, 0.25) is 5.02 Å². The smallest absolute Gasteiger partial charge is 0.237 e. The number of hydrogen-bond acceptors (Lipinski definition) is 6. The quantitative estimate of drug-likeness (QED) is 0.500. The minimum absolute atomic E-state index is 0.303. The molecule has 3 N–H and O–H groups in total.